The van der Waals surface area contributed by atoms with E-state index in [9.17, 15) is 14.4 Å². The van der Waals surface area contributed by atoms with Gasteiger partial charge in [-0.2, -0.15) is 0 Å². The van der Waals surface area contributed by atoms with Gasteiger partial charge in [-0.3, -0.25) is 14.4 Å². The molecular formula is C30H43N3O5S. The third-order valence-corrected chi connectivity index (χ3v) is 8.38. The highest BCUT2D eigenvalue weighted by Gasteiger charge is 2.42. The molecule has 1 aromatic carbocycles. The number of aromatic nitrogens is 1. The zero-order chi connectivity index (χ0) is 28.7. The summed E-state index contributed by atoms with van der Waals surface area (Å²) >= 11 is 1.29. The summed E-state index contributed by atoms with van der Waals surface area (Å²) in [5.74, 6) is -0.211. The summed E-state index contributed by atoms with van der Waals surface area (Å²) in [4.78, 5) is 44.6. The average Bonchev–Trinajstić information content (AvgIpc) is 3.41. The highest BCUT2D eigenvalue weighted by molar-refractivity contribution is 7.09. The number of hydrogen-bond donors (Lipinski definition) is 1. The number of esters is 1. The predicted octanol–water partition coefficient (Wildman–Crippen LogP) is 5.19. The normalized spacial score (nSPS) is 19.6. The van der Waals surface area contributed by atoms with E-state index < -0.39 is 12.1 Å². The third-order valence-electron chi connectivity index (χ3n) is 7.44. The Morgan fingerprint density at radius 3 is 2.41 bits per heavy atom. The van der Waals surface area contributed by atoms with Crippen LogP contribution in [0, 0.1) is 11.8 Å². The lowest BCUT2D eigenvalue weighted by Gasteiger charge is -2.34. The molecule has 1 aliphatic heterocycles. The number of rotatable bonds is 14. The number of hydrogen-bond acceptors (Lipinski definition) is 7. The van der Waals surface area contributed by atoms with Crippen LogP contribution in [0.25, 0.3) is 0 Å². The number of amides is 2. The van der Waals surface area contributed by atoms with Crippen LogP contribution in [0.4, 0.5) is 0 Å². The van der Waals surface area contributed by atoms with E-state index in [0.717, 1.165) is 12.0 Å². The van der Waals surface area contributed by atoms with Crippen molar-refractivity contribution in [1.29, 1.82) is 0 Å². The topological polar surface area (TPSA) is 101 Å². The van der Waals surface area contributed by atoms with E-state index in [-0.39, 0.29) is 47.7 Å². The number of nitrogens with one attached hydrogen (secondary N) is 1. The van der Waals surface area contributed by atoms with Gasteiger partial charge in [0, 0.05) is 38.2 Å². The lowest BCUT2D eigenvalue weighted by atomic mass is 9.95. The van der Waals surface area contributed by atoms with Crippen molar-refractivity contribution < 1.29 is 23.9 Å². The van der Waals surface area contributed by atoms with Crippen LogP contribution in [0.2, 0.25) is 0 Å². The smallest absolute Gasteiger partial charge is 0.303 e. The van der Waals surface area contributed by atoms with Gasteiger partial charge in [0.25, 0.3) is 5.91 Å². The number of ether oxygens (including phenoxy) is 2. The van der Waals surface area contributed by atoms with E-state index >= 15 is 0 Å². The van der Waals surface area contributed by atoms with Gasteiger partial charge in [0.2, 0.25) is 5.91 Å². The van der Waals surface area contributed by atoms with Gasteiger partial charge in [0.1, 0.15) is 16.8 Å². The van der Waals surface area contributed by atoms with Crippen molar-refractivity contribution in [2.45, 2.75) is 97.6 Å². The van der Waals surface area contributed by atoms with Crippen LogP contribution in [-0.2, 0) is 25.5 Å². The highest BCUT2D eigenvalue weighted by atomic mass is 32.1. The Balaban J connectivity index is 1.74. The summed E-state index contributed by atoms with van der Waals surface area (Å²) in [5.41, 5.74) is 1.40. The average molecular weight is 558 g/mol. The molecule has 8 nitrogen and oxygen atoms in total. The molecule has 214 valence electrons. The number of carbonyl (C=O) groups is 3. The molecule has 0 spiro atoms. The Bertz CT molecular complexity index is 1110. The van der Waals surface area contributed by atoms with Crippen molar-refractivity contribution in [2.24, 2.45) is 11.8 Å². The minimum atomic E-state index is -0.660. The van der Waals surface area contributed by atoms with Crippen LogP contribution >= 0.6 is 11.3 Å². The summed E-state index contributed by atoms with van der Waals surface area (Å²) in [6, 6.07) is 9.66. The van der Waals surface area contributed by atoms with Gasteiger partial charge in [-0.25, -0.2) is 4.98 Å². The molecule has 1 fully saturated rings. The first-order valence-corrected chi connectivity index (χ1v) is 14.8. The molecule has 3 rings (SSSR count). The Kier molecular flexibility index (Phi) is 11.1. The SMILES string of the molecule is CCC(C)CC(=O)N(C)[C@H](C[C@@H](OC(C)=O)c1nc(C(=O)N[C@@H](Cc2ccccc2)C2OC2C)cs1)C(C)C. The molecule has 3 unspecified atom stereocenters. The van der Waals surface area contributed by atoms with Crippen LogP contribution in [0.5, 0.6) is 0 Å². The molecule has 1 N–H and O–H groups in total. The molecule has 1 aliphatic rings. The van der Waals surface area contributed by atoms with Gasteiger partial charge in [0.05, 0.1) is 12.1 Å². The molecule has 39 heavy (non-hydrogen) atoms. The zero-order valence-corrected chi connectivity index (χ0v) is 25.0. The fourth-order valence-corrected chi connectivity index (χ4v) is 5.63. The molecule has 0 radical (unpaired) electrons. The molecule has 6 atom stereocenters. The number of carbonyl (C=O) groups excluding carboxylic acids is 3. The first kappa shape index (κ1) is 30.8. The van der Waals surface area contributed by atoms with Crippen molar-refractivity contribution >= 4 is 29.1 Å². The minimum Gasteiger partial charge on any atom is -0.455 e. The first-order valence-electron chi connectivity index (χ1n) is 13.9. The molecule has 2 amide bonds. The maximum Gasteiger partial charge on any atom is 0.303 e. The second-order valence-electron chi connectivity index (χ2n) is 11.0. The lowest BCUT2D eigenvalue weighted by Crippen LogP contribution is -2.42. The standard InChI is InChI=1S/C30H43N3O5S/c1-8-19(4)14-27(35)33(7)25(18(2)3)16-26(38-21(6)34)30-32-24(17-39-30)29(36)31-23(28-20(5)37-28)15-22-12-10-9-11-13-22/h9-13,17-20,23,25-26,28H,8,14-16H2,1-7H3,(H,31,36)/t19?,20?,23-,25+,26+,28?/m0/s1. The molecule has 2 aromatic rings. The quantitative estimate of drug-likeness (QED) is 0.254. The van der Waals surface area contributed by atoms with Crippen molar-refractivity contribution in [1.82, 2.24) is 15.2 Å². The van der Waals surface area contributed by atoms with Gasteiger partial charge in [-0.05, 0) is 30.7 Å². The van der Waals surface area contributed by atoms with Gasteiger partial charge < -0.3 is 19.7 Å². The summed E-state index contributed by atoms with van der Waals surface area (Å²) in [7, 11) is 1.81. The van der Waals surface area contributed by atoms with E-state index in [1.54, 1.807) is 10.3 Å². The molecule has 2 heterocycles. The molecule has 0 saturated carbocycles. The zero-order valence-electron chi connectivity index (χ0n) is 24.2. The fourth-order valence-electron chi connectivity index (χ4n) is 4.79. The Labute approximate surface area is 236 Å². The monoisotopic (exact) mass is 557 g/mol. The summed E-state index contributed by atoms with van der Waals surface area (Å²) in [6.45, 7) is 11.6. The molecule has 0 bridgehead atoms. The first-order chi connectivity index (χ1) is 18.5. The highest BCUT2D eigenvalue weighted by Crippen LogP contribution is 2.31. The third kappa shape index (κ3) is 8.86. The van der Waals surface area contributed by atoms with Crippen LogP contribution < -0.4 is 5.32 Å². The van der Waals surface area contributed by atoms with Crippen molar-refractivity contribution in [3.63, 3.8) is 0 Å². The Morgan fingerprint density at radius 1 is 1.18 bits per heavy atom. The van der Waals surface area contributed by atoms with E-state index in [2.05, 4.69) is 38.0 Å². The lowest BCUT2D eigenvalue weighted by molar-refractivity contribution is -0.148. The van der Waals surface area contributed by atoms with Gasteiger partial charge >= 0.3 is 5.97 Å². The van der Waals surface area contributed by atoms with E-state index in [4.69, 9.17) is 9.47 Å². The van der Waals surface area contributed by atoms with Crippen LogP contribution in [0.3, 0.4) is 0 Å². The Hall–Kier alpha value is -2.78. The van der Waals surface area contributed by atoms with Crippen molar-refractivity contribution in [3.05, 3.63) is 52.0 Å². The van der Waals surface area contributed by atoms with Gasteiger partial charge in [-0.15, -0.1) is 11.3 Å². The maximum atomic E-state index is 13.2. The molecule has 1 aromatic heterocycles. The number of thiazole rings is 1. The largest absolute Gasteiger partial charge is 0.455 e. The van der Waals surface area contributed by atoms with Gasteiger partial charge in [0.15, 0.2) is 6.10 Å². The maximum absolute atomic E-state index is 13.2. The van der Waals surface area contributed by atoms with Crippen molar-refractivity contribution in [3.8, 4) is 0 Å². The minimum absolute atomic E-state index is 0.0450. The molecular weight excluding hydrogens is 514 g/mol. The summed E-state index contributed by atoms with van der Waals surface area (Å²) in [6.07, 6.45) is 1.85. The molecule has 9 heteroatoms. The van der Waals surface area contributed by atoms with Crippen LogP contribution in [0.15, 0.2) is 35.7 Å². The van der Waals surface area contributed by atoms with Crippen LogP contribution in [-0.4, -0.2) is 59.0 Å². The second kappa shape index (κ2) is 14.0. The molecule has 0 aliphatic carbocycles. The number of nitrogens with zero attached hydrogens (tertiary/aromatic N) is 2. The number of epoxide rings is 1. The van der Waals surface area contributed by atoms with E-state index in [0.29, 0.717) is 30.2 Å². The number of benzene rings is 1. The fraction of sp³-hybridized carbons (Fsp3) is 0.600. The summed E-state index contributed by atoms with van der Waals surface area (Å²) in [5, 5.41) is 5.34. The van der Waals surface area contributed by atoms with E-state index in [1.165, 1.54) is 18.3 Å². The van der Waals surface area contributed by atoms with Crippen LogP contribution in [0.1, 0.15) is 88.0 Å². The van der Waals surface area contributed by atoms with E-state index in [1.807, 2.05) is 44.3 Å². The predicted molar refractivity (Wildman–Crippen MR) is 152 cm³/mol. The Morgan fingerprint density at radius 2 is 1.85 bits per heavy atom. The molecule has 1 saturated heterocycles. The van der Waals surface area contributed by atoms with Gasteiger partial charge in [-0.1, -0.05) is 64.4 Å². The summed E-state index contributed by atoms with van der Waals surface area (Å²) < 4.78 is 11.4. The second-order valence-corrected chi connectivity index (χ2v) is 11.9. The van der Waals surface area contributed by atoms with Crippen molar-refractivity contribution in [2.75, 3.05) is 7.05 Å².